The van der Waals surface area contributed by atoms with Gasteiger partial charge in [0, 0.05) is 12.1 Å². The number of carboxylic acid groups (broad SMARTS) is 1. The lowest BCUT2D eigenvalue weighted by Gasteiger charge is -2.02. The highest BCUT2D eigenvalue weighted by Crippen LogP contribution is 2.30. The summed E-state index contributed by atoms with van der Waals surface area (Å²) >= 11 is 1.34. The Morgan fingerprint density at radius 1 is 1.44 bits per heavy atom. The van der Waals surface area contributed by atoms with Crippen molar-refractivity contribution >= 4 is 17.3 Å². The third kappa shape index (κ3) is 2.27. The maximum Gasteiger partial charge on any atom is 0.355 e. The van der Waals surface area contributed by atoms with Crippen molar-refractivity contribution in [2.75, 3.05) is 0 Å². The molecule has 3 N–H and O–H groups in total. The van der Waals surface area contributed by atoms with Crippen LogP contribution >= 0.6 is 11.3 Å². The summed E-state index contributed by atoms with van der Waals surface area (Å²) in [7, 11) is 0. The fourth-order valence-electron chi connectivity index (χ4n) is 1.83. The van der Waals surface area contributed by atoms with Crippen molar-refractivity contribution in [1.29, 1.82) is 0 Å². The van der Waals surface area contributed by atoms with Crippen LogP contribution in [-0.2, 0) is 6.54 Å². The van der Waals surface area contributed by atoms with E-state index in [1.807, 2.05) is 26.0 Å². The quantitative estimate of drug-likeness (QED) is 0.891. The number of hydrogen-bond acceptors (Lipinski definition) is 4. The van der Waals surface area contributed by atoms with Crippen molar-refractivity contribution in [2.24, 2.45) is 5.73 Å². The topological polar surface area (TPSA) is 76.2 Å². The molecule has 0 saturated carbocycles. The number of nitrogens with zero attached hydrogens (tertiary/aromatic N) is 1. The number of carbonyl (C=O) groups is 1. The lowest BCUT2D eigenvalue weighted by molar-refractivity contribution is 0.0690. The number of benzene rings is 1. The van der Waals surface area contributed by atoms with Gasteiger partial charge in [0.25, 0.3) is 0 Å². The molecule has 0 amide bonds. The molecule has 1 aromatic heterocycles. The Hall–Kier alpha value is -1.72. The molecule has 94 valence electrons. The highest BCUT2D eigenvalue weighted by atomic mass is 32.1. The maximum absolute atomic E-state index is 11.1. The first kappa shape index (κ1) is 12.7. The molecule has 0 aliphatic heterocycles. The average molecular weight is 262 g/mol. The minimum Gasteiger partial charge on any atom is -0.476 e. The van der Waals surface area contributed by atoms with E-state index in [4.69, 9.17) is 10.8 Å². The Balaban J connectivity index is 2.54. The van der Waals surface area contributed by atoms with Crippen molar-refractivity contribution in [3.8, 4) is 10.6 Å². The monoisotopic (exact) mass is 262 g/mol. The summed E-state index contributed by atoms with van der Waals surface area (Å²) in [5, 5.41) is 9.77. The molecular weight excluding hydrogens is 248 g/mol. The zero-order valence-corrected chi connectivity index (χ0v) is 11.0. The highest BCUT2D eigenvalue weighted by Gasteiger charge is 2.17. The Morgan fingerprint density at radius 3 is 2.67 bits per heavy atom. The number of nitrogens with two attached hydrogens (primary N) is 1. The van der Waals surface area contributed by atoms with Crippen molar-refractivity contribution < 1.29 is 9.90 Å². The van der Waals surface area contributed by atoms with Gasteiger partial charge in [0.1, 0.15) is 5.01 Å². The third-order valence-electron chi connectivity index (χ3n) is 2.70. The van der Waals surface area contributed by atoms with Crippen LogP contribution in [0.15, 0.2) is 18.2 Å². The van der Waals surface area contributed by atoms with Crippen molar-refractivity contribution in [2.45, 2.75) is 20.4 Å². The minimum atomic E-state index is -1.03. The van der Waals surface area contributed by atoms with E-state index in [-0.39, 0.29) is 12.2 Å². The van der Waals surface area contributed by atoms with Gasteiger partial charge in [-0.1, -0.05) is 23.8 Å². The largest absolute Gasteiger partial charge is 0.476 e. The second kappa shape index (κ2) is 4.88. The summed E-state index contributed by atoms with van der Waals surface area (Å²) in [6.45, 7) is 4.21. The molecule has 0 bridgehead atoms. The van der Waals surface area contributed by atoms with Crippen LogP contribution in [0.3, 0.4) is 0 Å². The van der Waals surface area contributed by atoms with Gasteiger partial charge >= 0.3 is 5.97 Å². The predicted octanol–water partition coefficient (Wildman–Crippen LogP) is 2.58. The van der Waals surface area contributed by atoms with Crippen molar-refractivity contribution in [1.82, 2.24) is 4.98 Å². The van der Waals surface area contributed by atoms with Gasteiger partial charge < -0.3 is 10.8 Å². The number of aromatic nitrogens is 1. The molecule has 0 saturated heterocycles. The number of thiazole rings is 1. The molecule has 2 rings (SSSR count). The first-order chi connectivity index (χ1) is 8.52. The van der Waals surface area contributed by atoms with Crippen molar-refractivity contribution in [3.05, 3.63) is 39.9 Å². The zero-order chi connectivity index (χ0) is 13.3. The first-order valence-corrected chi connectivity index (χ1v) is 6.35. The number of hydrogen-bond donors (Lipinski definition) is 2. The molecule has 0 aliphatic rings. The normalized spacial score (nSPS) is 10.6. The van der Waals surface area contributed by atoms with E-state index in [9.17, 15) is 4.79 Å². The molecule has 0 fully saturated rings. The minimum absolute atomic E-state index is 0.0671. The van der Waals surface area contributed by atoms with E-state index >= 15 is 0 Å². The highest BCUT2D eigenvalue weighted by molar-refractivity contribution is 7.15. The molecule has 0 unspecified atom stereocenters. The third-order valence-corrected chi connectivity index (χ3v) is 3.81. The number of carboxylic acids is 1. The molecule has 5 heteroatoms. The Labute approximate surface area is 109 Å². The number of aromatic carboxylic acids is 1. The van der Waals surface area contributed by atoms with Gasteiger partial charge in [-0.25, -0.2) is 9.78 Å². The maximum atomic E-state index is 11.1. The number of aryl methyl sites for hydroxylation is 2. The fourth-order valence-corrected chi connectivity index (χ4v) is 2.85. The molecule has 1 heterocycles. The van der Waals surface area contributed by atoms with Crippen LogP contribution in [0.5, 0.6) is 0 Å². The average Bonchev–Trinajstić information content (AvgIpc) is 2.73. The van der Waals surface area contributed by atoms with Crippen molar-refractivity contribution in [3.63, 3.8) is 0 Å². The lowest BCUT2D eigenvalue weighted by Crippen LogP contribution is -2.04. The van der Waals surface area contributed by atoms with E-state index in [1.165, 1.54) is 16.9 Å². The van der Waals surface area contributed by atoms with Crippen LogP contribution in [0.4, 0.5) is 0 Å². The molecule has 0 aliphatic carbocycles. The van der Waals surface area contributed by atoms with Crippen LogP contribution in [0.25, 0.3) is 10.6 Å². The molecule has 0 atom stereocenters. The van der Waals surface area contributed by atoms with Crippen LogP contribution in [0.1, 0.15) is 26.5 Å². The Morgan fingerprint density at radius 2 is 2.17 bits per heavy atom. The van der Waals surface area contributed by atoms with E-state index < -0.39 is 5.97 Å². The Kier molecular flexibility index (Phi) is 3.45. The molecule has 0 radical (unpaired) electrons. The van der Waals surface area contributed by atoms with Crippen LogP contribution < -0.4 is 5.73 Å². The smallest absolute Gasteiger partial charge is 0.355 e. The molecule has 1 aromatic carbocycles. The second-order valence-corrected chi connectivity index (χ2v) is 5.20. The summed E-state index contributed by atoms with van der Waals surface area (Å²) in [5.41, 5.74) is 8.84. The lowest BCUT2D eigenvalue weighted by atomic mass is 10.1. The van der Waals surface area contributed by atoms with Crippen LogP contribution in [-0.4, -0.2) is 16.1 Å². The van der Waals surface area contributed by atoms with Gasteiger partial charge in [-0.05, 0) is 19.4 Å². The summed E-state index contributed by atoms with van der Waals surface area (Å²) in [5.74, 6) is -1.03. The van der Waals surface area contributed by atoms with Gasteiger partial charge in [-0.2, -0.15) is 0 Å². The number of rotatable bonds is 3. The summed E-state index contributed by atoms with van der Waals surface area (Å²) in [6, 6.07) is 6.01. The van der Waals surface area contributed by atoms with Gasteiger partial charge in [0.2, 0.25) is 0 Å². The van der Waals surface area contributed by atoms with Gasteiger partial charge in [-0.3, -0.25) is 0 Å². The summed E-state index contributed by atoms with van der Waals surface area (Å²) in [6.07, 6.45) is 0. The second-order valence-electron chi connectivity index (χ2n) is 4.12. The summed E-state index contributed by atoms with van der Waals surface area (Å²) < 4.78 is 0. The van der Waals surface area contributed by atoms with E-state index in [2.05, 4.69) is 11.1 Å². The van der Waals surface area contributed by atoms with E-state index in [0.29, 0.717) is 9.88 Å². The Bertz CT molecular complexity index is 605. The fraction of sp³-hybridized carbons (Fsp3) is 0.231. The van der Waals surface area contributed by atoms with Gasteiger partial charge in [0.15, 0.2) is 5.69 Å². The molecule has 2 aromatic rings. The molecule has 18 heavy (non-hydrogen) atoms. The molecular formula is C13H14N2O2S. The van der Waals surface area contributed by atoms with E-state index in [1.54, 1.807) is 0 Å². The molecule has 0 spiro atoms. The van der Waals surface area contributed by atoms with E-state index in [0.717, 1.165) is 11.1 Å². The standard InChI is InChI=1S/C13H14N2O2S/c1-7-3-4-9(8(2)5-7)12-15-11(13(16)17)10(6-14)18-12/h3-5H,6,14H2,1-2H3,(H,16,17). The molecule has 4 nitrogen and oxygen atoms in total. The van der Waals surface area contributed by atoms with Crippen LogP contribution in [0.2, 0.25) is 0 Å². The van der Waals surface area contributed by atoms with Crippen LogP contribution in [0, 0.1) is 13.8 Å². The van der Waals surface area contributed by atoms with Gasteiger partial charge in [0.05, 0.1) is 4.88 Å². The van der Waals surface area contributed by atoms with Gasteiger partial charge in [-0.15, -0.1) is 11.3 Å². The first-order valence-electron chi connectivity index (χ1n) is 5.53. The zero-order valence-electron chi connectivity index (χ0n) is 10.2. The SMILES string of the molecule is Cc1ccc(-c2nc(C(=O)O)c(CN)s2)c(C)c1. The summed E-state index contributed by atoms with van der Waals surface area (Å²) in [4.78, 5) is 15.8. The predicted molar refractivity (Wildman–Crippen MR) is 71.9 cm³/mol.